The summed E-state index contributed by atoms with van der Waals surface area (Å²) in [5, 5.41) is 2.88. The number of carbonyl (C=O) groups is 2. The maximum absolute atomic E-state index is 12.9. The molecule has 12 heteroatoms. The van der Waals surface area contributed by atoms with Crippen LogP contribution in [0.2, 0.25) is 10.0 Å². The molecule has 0 saturated carbocycles. The highest BCUT2D eigenvalue weighted by Crippen LogP contribution is 2.35. The zero-order valence-corrected chi connectivity index (χ0v) is 19.5. The lowest BCUT2D eigenvalue weighted by atomic mass is 10.3. The van der Waals surface area contributed by atoms with Gasteiger partial charge in [0.25, 0.3) is 21.8 Å². The van der Waals surface area contributed by atoms with E-state index in [1.807, 2.05) is 0 Å². The normalized spacial score (nSPS) is 14.1. The fourth-order valence-corrected chi connectivity index (χ4v) is 4.69. The minimum absolute atomic E-state index is 0.0258. The number of pyridine rings is 1. The van der Waals surface area contributed by atoms with E-state index in [4.69, 9.17) is 34.8 Å². The Kier molecular flexibility index (Phi) is 6.31. The van der Waals surface area contributed by atoms with E-state index < -0.39 is 21.8 Å². The van der Waals surface area contributed by atoms with E-state index in [0.29, 0.717) is 10.7 Å². The van der Waals surface area contributed by atoms with Gasteiger partial charge in [-0.05, 0) is 54.6 Å². The van der Waals surface area contributed by atoms with Gasteiger partial charge in [0, 0.05) is 16.9 Å². The molecule has 2 N–H and O–H groups in total. The highest BCUT2D eigenvalue weighted by Gasteiger charge is 2.39. The molecule has 2 amide bonds. The monoisotopic (exact) mass is 522 g/mol. The van der Waals surface area contributed by atoms with Crippen molar-refractivity contribution in [2.75, 3.05) is 14.9 Å². The molecule has 0 radical (unpaired) electrons. The second kappa shape index (κ2) is 9.03. The van der Waals surface area contributed by atoms with Gasteiger partial charge in [0.15, 0.2) is 0 Å². The third-order valence-corrected chi connectivity index (χ3v) is 6.77. The highest BCUT2D eigenvalue weighted by atomic mass is 35.5. The molecule has 2 aromatic carbocycles. The summed E-state index contributed by atoms with van der Waals surface area (Å²) in [6.45, 7) is 0. The number of hydrogen-bond donors (Lipinski definition) is 2. The van der Waals surface area contributed by atoms with Crippen LogP contribution >= 0.6 is 34.8 Å². The van der Waals surface area contributed by atoms with Crippen molar-refractivity contribution in [2.24, 2.45) is 0 Å². The molecule has 1 aliphatic rings. The molecule has 1 aliphatic heterocycles. The second-order valence-electron chi connectivity index (χ2n) is 6.70. The van der Waals surface area contributed by atoms with Gasteiger partial charge in [-0.1, -0.05) is 40.9 Å². The minimum atomic E-state index is -3.87. The van der Waals surface area contributed by atoms with Gasteiger partial charge in [0.05, 0.1) is 15.6 Å². The average Bonchev–Trinajstić information content (AvgIpc) is 2.98. The van der Waals surface area contributed by atoms with E-state index in [1.54, 1.807) is 12.1 Å². The number of halogens is 3. The van der Waals surface area contributed by atoms with Crippen LogP contribution in [0.15, 0.2) is 82.5 Å². The van der Waals surface area contributed by atoms with E-state index in [0.717, 1.165) is 4.90 Å². The Morgan fingerprint density at radius 3 is 2.24 bits per heavy atom. The quantitative estimate of drug-likeness (QED) is 0.456. The second-order valence-corrected chi connectivity index (χ2v) is 9.60. The molecular weight excluding hydrogens is 511 g/mol. The number of imide groups is 1. The summed E-state index contributed by atoms with van der Waals surface area (Å²) in [6.07, 6.45) is 1.46. The van der Waals surface area contributed by atoms with Crippen molar-refractivity contribution in [3.8, 4) is 0 Å². The summed E-state index contributed by atoms with van der Waals surface area (Å²) in [5.74, 6) is -1.30. The van der Waals surface area contributed by atoms with Crippen LogP contribution in [-0.4, -0.2) is 25.2 Å². The Morgan fingerprint density at radius 2 is 1.61 bits per heavy atom. The topological polar surface area (TPSA) is 108 Å². The van der Waals surface area contributed by atoms with Crippen LogP contribution in [0.1, 0.15) is 0 Å². The number of aromatic nitrogens is 1. The maximum Gasteiger partial charge on any atom is 0.283 e. The largest absolute Gasteiger partial charge is 0.350 e. The first-order valence-electron chi connectivity index (χ1n) is 9.22. The standard InChI is InChI=1S/C21H13Cl3N4O4S/c22-12-4-9-16(15(23)11-12)28-20(29)18(24)19(21(28)30)26-13-5-7-14(8-6-13)33(31,32)27-17-3-1-2-10-25-17/h1-11,26H,(H,25,27). The lowest BCUT2D eigenvalue weighted by Crippen LogP contribution is -2.32. The average molecular weight is 524 g/mol. The summed E-state index contributed by atoms with van der Waals surface area (Å²) in [5.41, 5.74) is 0.299. The third kappa shape index (κ3) is 4.67. The van der Waals surface area contributed by atoms with Crippen LogP contribution in [0, 0.1) is 0 Å². The fourth-order valence-electron chi connectivity index (χ4n) is 2.97. The van der Waals surface area contributed by atoms with E-state index in [9.17, 15) is 18.0 Å². The van der Waals surface area contributed by atoms with Crippen molar-refractivity contribution < 1.29 is 18.0 Å². The molecule has 2 heterocycles. The first-order chi connectivity index (χ1) is 15.7. The van der Waals surface area contributed by atoms with Crippen molar-refractivity contribution in [3.05, 3.63) is 87.6 Å². The first-order valence-corrected chi connectivity index (χ1v) is 11.8. The summed E-state index contributed by atoms with van der Waals surface area (Å²) in [6, 6.07) is 14.7. The molecule has 1 aromatic heterocycles. The summed E-state index contributed by atoms with van der Waals surface area (Å²) in [7, 11) is -3.87. The molecule has 0 bridgehead atoms. The maximum atomic E-state index is 12.9. The van der Waals surface area contributed by atoms with E-state index in [-0.39, 0.29) is 32.2 Å². The number of hydrogen-bond acceptors (Lipinski definition) is 6. The van der Waals surface area contributed by atoms with Crippen LogP contribution in [0.25, 0.3) is 0 Å². The molecule has 168 valence electrons. The van der Waals surface area contributed by atoms with Gasteiger partial charge in [-0.25, -0.2) is 18.3 Å². The summed E-state index contributed by atoms with van der Waals surface area (Å²) >= 11 is 18.1. The van der Waals surface area contributed by atoms with Crippen molar-refractivity contribution >= 4 is 73.8 Å². The van der Waals surface area contributed by atoms with Crippen LogP contribution in [-0.2, 0) is 19.6 Å². The number of rotatable bonds is 6. The SMILES string of the molecule is O=C1C(Cl)=C(Nc2ccc(S(=O)(=O)Nc3ccccn3)cc2)C(=O)N1c1ccc(Cl)cc1Cl. The van der Waals surface area contributed by atoms with Crippen molar-refractivity contribution in [1.29, 1.82) is 0 Å². The van der Waals surface area contributed by atoms with Gasteiger partial charge < -0.3 is 5.32 Å². The molecule has 0 atom stereocenters. The van der Waals surface area contributed by atoms with Gasteiger partial charge in [-0.3, -0.25) is 14.3 Å². The molecule has 3 aromatic rings. The van der Waals surface area contributed by atoms with Gasteiger partial charge in [0.2, 0.25) is 0 Å². The van der Waals surface area contributed by atoms with E-state index >= 15 is 0 Å². The third-order valence-electron chi connectivity index (χ3n) is 4.52. The fraction of sp³-hybridized carbons (Fsp3) is 0. The number of anilines is 3. The molecule has 0 saturated heterocycles. The Labute approximate surface area is 203 Å². The number of sulfonamides is 1. The van der Waals surface area contributed by atoms with Crippen LogP contribution in [0.4, 0.5) is 17.2 Å². The predicted octanol–water partition coefficient (Wildman–Crippen LogP) is 4.62. The van der Waals surface area contributed by atoms with E-state index in [1.165, 1.54) is 54.7 Å². The molecule has 0 fully saturated rings. The zero-order chi connectivity index (χ0) is 23.8. The Balaban J connectivity index is 1.54. The first kappa shape index (κ1) is 23.1. The number of carbonyl (C=O) groups excluding carboxylic acids is 2. The van der Waals surface area contributed by atoms with Gasteiger partial charge in [0.1, 0.15) is 16.5 Å². The zero-order valence-electron chi connectivity index (χ0n) is 16.4. The van der Waals surface area contributed by atoms with Gasteiger partial charge in [-0.2, -0.15) is 0 Å². The smallest absolute Gasteiger partial charge is 0.283 e. The van der Waals surface area contributed by atoms with E-state index in [2.05, 4.69) is 15.0 Å². The number of amides is 2. The van der Waals surface area contributed by atoms with Crippen molar-refractivity contribution in [1.82, 2.24) is 4.98 Å². The Morgan fingerprint density at radius 1 is 0.879 bits per heavy atom. The highest BCUT2D eigenvalue weighted by molar-refractivity contribution is 7.92. The Hall–Kier alpha value is -3.11. The lowest BCUT2D eigenvalue weighted by Gasteiger charge is -2.16. The van der Waals surface area contributed by atoms with Crippen LogP contribution < -0.4 is 14.9 Å². The molecule has 4 rings (SSSR count). The minimum Gasteiger partial charge on any atom is -0.350 e. The molecule has 0 spiro atoms. The molecule has 0 aliphatic carbocycles. The van der Waals surface area contributed by atoms with Crippen molar-refractivity contribution in [3.63, 3.8) is 0 Å². The Bertz CT molecular complexity index is 1390. The molecular formula is C21H13Cl3N4O4S. The lowest BCUT2D eigenvalue weighted by molar-refractivity contribution is -0.120. The van der Waals surface area contributed by atoms with Crippen molar-refractivity contribution in [2.45, 2.75) is 4.90 Å². The predicted molar refractivity (Wildman–Crippen MR) is 127 cm³/mol. The summed E-state index contributed by atoms with van der Waals surface area (Å²) in [4.78, 5) is 30.2. The summed E-state index contributed by atoms with van der Waals surface area (Å²) < 4.78 is 27.4. The molecule has 0 unspecified atom stereocenters. The number of nitrogens with zero attached hydrogens (tertiary/aromatic N) is 2. The number of benzene rings is 2. The van der Waals surface area contributed by atoms with Gasteiger partial charge in [-0.15, -0.1) is 0 Å². The van der Waals surface area contributed by atoms with Crippen LogP contribution in [0.5, 0.6) is 0 Å². The number of nitrogens with one attached hydrogen (secondary N) is 2. The molecule has 8 nitrogen and oxygen atoms in total. The van der Waals surface area contributed by atoms with Gasteiger partial charge >= 0.3 is 0 Å². The van der Waals surface area contributed by atoms with Crippen LogP contribution in [0.3, 0.4) is 0 Å². The molecule has 33 heavy (non-hydrogen) atoms.